The number of hydrogen-bond donors (Lipinski definition) is 1. The molecular formula is C14H14F3NO2. The number of rotatable bonds is 1. The maximum atomic E-state index is 12.8. The number of allylic oxidation sites excluding steroid dienone is 1. The summed E-state index contributed by atoms with van der Waals surface area (Å²) in [6, 6.07) is 3.43. The second-order valence-corrected chi connectivity index (χ2v) is 4.76. The topological polar surface area (TPSA) is 40.5 Å². The Kier molecular flexibility index (Phi) is 3.74. The van der Waals surface area contributed by atoms with Crippen LogP contribution in [0.3, 0.4) is 0 Å². The van der Waals surface area contributed by atoms with Gasteiger partial charge in [0, 0.05) is 30.9 Å². The smallest absolute Gasteiger partial charge is 0.416 e. The average Bonchev–Trinajstić information content (AvgIpc) is 2.48. The third-order valence-corrected chi connectivity index (χ3v) is 3.32. The van der Waals surface area contributed by atoms with Gasteiger partial charge in [-0.1, -0.05) is 6.07 Å². The van der Waals surface area contributed by atoms with Gasteiger partial charge in [0.05, 0.1) is 5.56 Å². The number of hydrogen-bond acceptors (Lipinski definition) is 2. The van der Waals surface area contributed by atoms with Crippen LogP contribution in [-0.4, -0.2) is 24.7 Å². The molecule has 0 amide bonds. The van der Waals surface area contributed by atoms with Crippen molar-refractivity contribution in [1.29, 1.82) is 0 Å². The van der Waals surface area contributed by atoms with Gasteiger partial charge >= 0.3 is 12.1 Å². The highest BCUT2D eigenvalue weighted by Crippen LogP contribution is 2.38. The lowest BCUT2D eigenvalue weighted by molar-refractivity contribution is -0.137. The fourth-order valence-electron chi connectivity index (χ4n) is 2.36. The van der Waals surface area contributed by atoms with Crippen molar-refractivity contribution in [3.63, 3.8) is 0 Å². The molecule has 1 heterocycles. The lowest BCUT2D eigenvalue weighted by Gasteiger charge is -2.21. The Morgan fingerprint density at radius 2 is 2.10 bits per heavy atom. The van der Waals surface area contributed by atoms with E-state index in [1.54, 1.807) is 11.9 Å². The lowest BCUT2D eigenvalue weighted by atomic mass is 9.98. The highest BCUT2D eigenvalue weighted by molar-refractivity contribution is 5.92. The zero-order valence-electron chi connectivity index (χ0n) is 10.9. The molecule has 0 atom stereocenters. The van der Waals surface area contributed by atoms with Gasteiger partial charge in [0.1, 0.15) is 0 Å². The molecule has 0 saturated heterocycles. The number of fused-ring (bicyclic) bond motifs is 1. The molecule has 1 N–H and O–H groups in total. The number of halogens is 3. The van der Waals surface area contributed by atoms with Crippen molar-refractivity contribution in [2.24, 2.45) is 0 Å². The first-order valence-electron chi connectivity index (χ1n) is 6.15. The van der Waals surface area contributed by atoms with Crippen LogP contribution < -0.4 is 4.90 Å². The van der Waals surface area contributed by atoms with E-state index in [-0.39, 0.29) is 0 Å². The lowest BCUT2D eigenvalue weighted by Crippen LogP contribution is -2.18. The zero-order valence-corrected chi connectivity index (χ0v) is 10.9. The number of alkyl halides is 3. The summed E-state index contributed by atoms with van der Waals surface area (Å²) in [7, 11) is 1.71. The second kappa shape index (κ2) is 5.19. The van der Waals surface area contributed by atoms with E-state index in [9.17, 15) is 18.0 Å². The molecule has 0 aliphatic carbocycles. The first-order valence-corrected chi connectivity index (χ1v) is 6.15. The summed E-state index contributed by atoms with van der Waals surface area (Å²) in [6.45, 7) is 0.589. The maximum absolute atomic E-state index is 12.8. The predicted octanol–water partition coefficient (Wildman–Crippen LogP) is 3.40. The number of nitrogens with zero attached hydrogens (tertiary/aromatic N) is 1. The van der Waals surface area contributed by atoms with Gasteiger partial charge in [0.2, 0.25) is 0 Å². The van der Waals surface area contributed by atoms with E-state index in [4.69, 9.17) is 5.11 Å². The van der Waals surface area contributed by atoms with Crippen molar-refractivity contribution in [3.05, 3.63) is 35.4 Å². The minimum absolute atomic E-state index is 0.421. The molecule has 0 fully saturated rings. The van der Waals surface area contributed by atoms with Crippen LogP contribution in [0.4, 0.5) is 18.9 Å². The Hall–Kier alpha value is -1.98. The third kappa shape index (κ3) is 2.95. The SMILES string of the molecule is CN1CCC/C(=C\C(=O)O)c2ccc(C(F)(F)F)cc21. The van der Waals surface area contributed by atoms with Gasteiger partial charge in [0.15, 0.2) is 0 Å². The molecule has 108 valence electrons. The highest BCUT2D eigenvalue weighted by Gasteiger charge is 2.32. The first kappa shape index (κ1) is 14.4. The molecule has 20 heavy (non-hydrogen) atoms. The molecule has 6 heteroatoms. The van der Waals surface area contributed by atoms with Crippen LogP contribution >= 0.6 is 0 Å². The average molecular weight is 285 g/mol. The van der Waals surface area contributed by atoms with E-state index in [2.05, 4.69) is 0 Å². The molecule has 0 aromatic heterocycles. The van der Waals surface area contributed by atoms with Gasteiger partial charge in [-0.05, 0) is 30.5 Å². The van der Waals surface area contributed by atoms with E-state index >= 15 is 0 Å². The van der Waals surface area contributed by atoms with Gasteiger partial charge in [0.25, 0.3) is 0 Å². The maximum Gasteiger partial charge on any atom is 0.416 e. The molecule has 2 rings (SSSR count). The third-order valence-electron chi connectivity index (χ3n) is 3.32. The summed E-state index contributed by atoms with van der Waals surface area (Å²) in [5.41, 5.74) is 0.815. The quantitative estimate of drug-likeness (QED) is 0.804. The number of anilines is 1. The van der Waals surface area contributed by atoms with Crippen molar-refractivity contribution in [2.45, 2.75) is 19.0 Å². The van der Waals surface area contributed by atoms with Crippen LogP contribution in [0.25, 0.3) is 5.57 Å². The second-order valence-electron chi connectivity index (χ2n) is 4.76. The van der Waals surface area contributed by atoms with Crippen LogP contribution in [0.5, 0.6) is 0 Å². The van der Waals surface area contributed by atoms with Crippen molar-refractivity contribution >= 4 is 17.2 Å². The minimum atomic E-state index is -4.40. The Labute approximate surface area is 114 Å². The number of carboxylic acids is 1. The van der Waals surface area contributed by atoms with E-state index in [1.807, 2.05) is 0 Å². The monoisotopic (exact) mass is 285 g/mol. The molecule has 0 bridgehead atoms. The van der Waals surface area contributed by atoms with Crippen LogP contribution in [0.2, 0.25) is 0 Å². The number of carbonyl (C=O) groups is 1. The molecule has 1 aromatic carbocycles. The van der Waals surface area contributed by atoms with E-state index in [0.29, 0.717) is 36.2 Å². The Morgan fingerprint density at radius 3 is 2.70 bits per heavy atom. The first-order chi connectivity index (χ1) is 9.29. The van der Waals surface area contributed by atoms with Crippen LogP contribution in [0, 0.1) is 0 Å². The molecule has 1 aromatic rings. The molecular weight excluding hydrogens is 271 g/mol. The van der Waals surface area contributed by atoms with Crippen molar-refractivity contribution < 1.29 is 23.1 Å². The van der Waals surface area contributed by atoms with Crippen LogP contribution in [-0.2, 0) is 11.0 Å². The summed E-state index contributed by atoms with van der Waals surface area (Å²) < 4.78 is 38.3. The minimum Gasteiger partial charge on any atom is -0.478 e. The van der Waals surface area contributed by atoms with Gasteiger partial charge in [-0.2, -0.15) is 13.2 Å². The molecule has 1 aliphatic rings. The largest absolute Gasteiger partial charge is 0.478 e. The van der Waals surface area contributed by atoms with E-state index < -0.39 is 17.7 Å². The molecule has 1 aliphatic heterocycles. The van der Waals surface area contributed by atoms with Crippen molar-refractivity contribution in [2.75, 3.05) is 18.5 Å². The standard InChI is InChI=1S/C14H14F3NO2/c1-18-6-2-3-9(7-13(19)20)11-5-4-10(8-12(11)18)14(15,16)17/h4-5,7-8H,2-3,6H2,1H3,(H,19,20)/b9-7+. The van der Waals surface area contributed by atoms with Crippen LogP contribution in [0.15, 0.2) is 24.3 Å². The predicted molar refractivity (Wildman–Crippen MR) is 69.6 cm³/mol. The number of benzene rings is 1. The van der Waals surface area contributed by atoms with E-state index in [1.165, 1.54) is 6.07 Å². The molecule has 0 spiro atoms. The highest BCUT2D eigenvalue weighted by atomic mass is 19.4. The molecule has 0 saturated carbocycles. The summed E-state index contributed by atoms with van der Waals surface area (Å²) in [5, 5.41) is 8.86. The number of carboxylic acid groups (broad SMARTS) is 1. The van der Waals surface area contributed by atoms with E-state index in [0.717, 1.165) is 18.2 Å². The Bertz CT molecular complexity index is 564. The Balaban J connectivity index is 2.57. The summed E-state index contributed by atoms with van der Waals surface area (Å²) in [6.07, 6.45) is -2.09. The van der Waals surface area contributed by atoms with Crippen molar-refractivity contribution in [1.82, 2.24) is 0 Å². The fourth-order valence-corrected chi connectivity index (χ4v) is 2.36. The molecule has 0 unspecified atom stereocenters. The van der Waals surface area contributed by atoms with Crippen LogP contribution in [0.1, 0.15) is 24.0 Å². The zero-order chi connectivity index (χ0) is 14.9. The fraction of sp³-hybridized carbons (Fsp3) is 0.357. The molecule has 0 radical (unpaired) electrons. The van der Waals surface area contributed by atoms with Gasteiger partial charge < -0.3 is 10.0 Å². The Morgan fingerprint density at radius 1 is 1.40 bits per heavy atom. The summed E-state index contributed by atoms with van der Waals surface area (Å²) >= 11 is 0. The number of aliphatic carboxylic acids is 1. The molecule has 3 nitrogen and oxygen atoms in total. The summed E-state index contributed by atoms with van der Waals surface area (Å²) in [5.74, 6) is -1.09. The van der Waals surface area contributed by atoms with Gasteiger partial charge in [-0.25, -0.2) is 4.79 Å². The van der Waals surface area contributed by atoms with Gasteiger partial charge in [-0.3, -0.25) is 0 Å². The normalized spacial score (nSPS) is 17.8. The van der Waals surface area contributed by atoms with Gasteiger partial charge in [-0.15, -0.1) is 0 Å². The summed E-state index contributed by atoms with van der Waals surface area (Å²) in [4.78, 5) is 12.6. The van der Waals surface area contributed by atoms with Crippen molar-refractivity contribution in [3.8, 4) is 0 Å².